The van der Waals surface area contributed by atoms with Gasteiger partial charge in [-0.05, 0) is 24.1 Å². The van der Waals surface area contributed by atoms with Crippen LogP contribution in [0.2, 0.25) is 10.0 Å². The predicted octanol–water partition coefficient (Wildman–Crippen LogP) is 2.36. The molecule has 2 aromatic rings. The van der Waals surface area contributed by atoms with E-state index in [4.69, 9.17) is 27.7 Å². The standard InChI is InChI=1S/C13H13Cl2N3O2/c14-9-2-1-3-10(15)8(9)5-12-17-13(20-18-12)11-4-7(19)6-16-11/h1-3,7,11,16,19H,4-6H2/t7-,11-/m0/s1. The highest BCUT2D eigenvalue weighted by molar-refractivity contribution is 6.36. The van der Waals surface area contributed by atoms with E-state index >= 15 is 0 Å². The molecule has 3 rings (SSSR count). The molecule has 0 bridgehead atoms. The number of aromatic nitrogens is 2. The van der Waals surface area contributed by atoms with Crippen molar-refractivity contribution in [2.45, 2.75) is 25.0 Å². The zero-order valence-electron chi connectivity index (χ0n) is 10.5. The van der Waals surface area contributed by atoms with Crippen molar-refractivity contribution < 1.29 is 9.63 Å². The van der Waals surface area contributed by atoms with Gasteiger partial charge < -0.3 is 14.9 Å². The molecule has 0 amide bonds. The van der Waals surface area contributed by atoms with E-state index in [1.807, 2.05) is 0 Å². The number of nitrogens with one attached hydrogen (secondary N) is 1. The fraction of sp³-hybridized carbons (Fsp3) is 0.385. The quantitative estimate of drug-likeness (QED) is 0.910. The molecule has 20 heavy (non-hydrogen) atoms. The fourth-order valence-corrected chi connectivity index (χ4v) is 2.78. The van der Waals surface area contributed by atoms with Crippen molar-refractivity contribution in [3.63, 3.8) is 0 Å². The molecule has 1 aromatic carbocycles. The van der Waals surface area contributed by atoms with Crippen molar-refractivity contribution in [2.24, 2.45) is 0 Å². The molecule has 1 saturated heterocycles. The molecule has 0 radical (unpaired) electrons. The maximum absolute atomic E-state index is 9.49. The van der Waals surface area contributed by atoms with E-state index in [9.17, 15) is 5.11 Å². The number of aliphatic hydroxyl groups excluding tert-OH is 1. The third kappa shape index (κ3) is 2.81. The molecule has 7 heteroatoms. The van der Waals surface area contributed by atoms with E-state index in [-0.39, 0.29) is 12.1 Å². The molecule has 2 N–H and O–H groups in total. The first-order valence-corrected chi connectivity index (χ1v) is 7.06. The number of hydrogen-bond acceptors (Lipinski definition) is 5. The van der Waals surface area contributed by atoms with Crippen LogP contribution in [0.3, 0.4) is 0 Å². The van der Waals surface area contributed by atoms with Gasteiger partial charge in [-0.15, -0.1) is 0 Å². The van der Waals surface area contributed by atoms with Gasteiger partial charge in [0.2, 0.25) is 5.89 Å². The van der Waals surface area contributed by atoms with Gasteiger partial charge in [-0.25, -0.2) is 0 Å². The van der Waals surface area contributed by atoms with Crippen LogP contribution in [0.25, 0.3) is 0 Å². The maximum Gasteiger partial charge on any atom is 0.243 e. The zero-order chi connectivity index (χ0) is 14.1. The van der Waals surface area contributed by atoms with Gasteiger partial charge >= 0.3 is 0 Å². The average molecular weight is 314 g/mol. The van der Waals surface area contributed by atoms with Crippen molar-refractivity contribution in [2.75, 3.05) is 6.54 Å². The van der Waals surface area contributed by atoms with Crippen LogP contribution in [-0.2, 0) is 6.42 Å². The zero-order valence-corrected chi connectivity index (χ0v) is 12.0. The molecule has 0 saturated carbocycles. The van der Waals surface area contributed by atoms with Gasteiger partial charge in [-0.2, -0.15) is 4.98 Å². The molecule has 5 nitrogen and oxygen atoms in total. The van der Waals surface area contributed by atoms with Crippen LogP contribution in [0, 0.1) is 0 Å². The van der Waals surface area contributed by atoms with Crippen molar-refractivity contribution in [1.82, 2.24) is 15.5 Å². The summed E-state index contributed by atoms with van der Waals surface area (Å²) < 4.78 is 5.23. The van der Waals surface area contributed by atoms with Crippen LogP contribution in [0.4, 0.5) is 0 Å². The number of hydrogen-bond donors (Lipinski definition) is 2. The van der Waals surface area contributed by atoms with Crippen LogP contribution >= 0.6 is 23.2 Å². The minimum absolute atomic E-state index is 0.0898. The summed E-state index contributed by atoms with van der Waals surface area (Å²) in [5.74, 6) is 1.01. The summed E-state index contributed by atoms with van der Waals surface area (Å²) in [6.45, 7) is 0.540. The molecule has 0 aliphatic carbocycles. The Labute approximate surface area is 125 Å². The molecule has 1 aromatic heterocycles. The second kappa shape index (κ2) is 5.69. The number of halogens is 2. The Balaban J connectivity index is 1.77. The largest absolute Gasteiger partial charge is 0.392 e. The number of benzene rings is 1. The van der Waals surface area contributed by atoms with E-state index in [0.717, 1.165) is 5.56 Å². The molecular weight excluding hydrogens is 301 g/mol. The van der Waals surface area contributed by atoms with Crippen LogP contribution < -0.4 is 5.32 Å². The van der Waals surface area contributed by atoms with E-state index < -0.39 is 0 Å². The van der Waals surface area contributed by atoms with Crippen LogP contribution in [0.1, 0.15) is 29.7 Å². The molecule has 2 heterocycles. The number of nitrogens with zero attached hydrogens (tertiary/aromatic N) is 2. The summed E-state index contributed by atoms with van der Waals surface area (Å²) in [5.41, 5.74) is 0.780. The van der Waals surface area contributed by atoms with Gasteiger partial charge in [0.1, 0.15) is 0 Å². The lowest BCUT2D eigenvalue weighted by Gasteiger charge is -2.03. The molecule has 0 unspecified atom stereocenters. The first-order chi connectivity index (χ1) is 9.63. The van der Waals surface area contributed by atoms with E-state index in [2.05, 4.69) is 15.5 Å². The lowest BCUT2D eigenvalue weighted by Crippen LogP contribution is -2.15. The molecule has 106 valence electrons. The van der Waals surface area contributed by atoms with Crippen LogP contribution in [0.15, 0.2) is 22.7 Å². The molecule has 1 aliphatic heterocycles. The highest BCUT2D eigenvalue weighted by Gasteiger charge is 2.28. The lowest BCUT2D eigenvalue weighted by molar-refractivity contribution is 0.191. The average Bonchev–Trinajstić information content (AvgIpc) is 3.03. The Morgan fingerprint density at radius 3 is 2.75 bits per heavy atom. The summed E-state index contributed by atoms with van der Waals surface area (Å²) >= 11 is 12.2. The summed E-state index contributed by atoms with van der Waals surface area (Å²) in [5, 5.41) is 17.7. The Hall–Kier alpha value is -1.14. The molecule has 0 spiro atoms. The Morgan fingerprint density at radius 2 is 2.10 bits per heavy atom. The number of rotatable bonds is 3. The van der Waals surface area contributed by atoms with Gasteiger partial charge in [0, 0.05) is 23.0 Å². The van der Waals surface area contributed by atoms with E-state index in [0.29, 0.717) is 41.1 Å². The van der Waals surface area contributed by atoms with Crippen molar-refractivity contribution >= 4 is 23.2 Å². The Kier molecular flexibility index (Phi) is 3.94. The third-order valence-corrected chi connectivity index (χ3v) is 3.99. The summed E-state index contributed by atoms with van der Waals surface area (Å²) in [7, 11) is 0. The summed E-state index contributed by atoms with van der Waals surface area (Å²) in [6, 6.07) is 5.25. The molecule has 2 atom stereocenters. The highest BCUT2D eigenvalue weighted by atomic mass is 35.5. The SMILES string of the molecule is O[C@@H]1CN[C@H](c2nc(Cc3c(Cl)cccc3Cl)no2)C1. The third-order valence-electron chi connectivity index (χ3n) is 3.29. The highest BCUT2D eigenvalue weighted by Crippen LogP contribution is 2.27. The van der Waals surface area contributed by atoms with Crippen LogP contribution in [0.5, 0.6) is 0 Å². The maximum atomic E-state index is 9.49. The summed E-state index contributed by atoms with van der Waals surface area (Å²) in [4.78, 5) is 4.34. The Morgan fingerprint density at radius 1 is 1.35 bits per heavy atom. The van der Waals surface area contributed by atoms with Crippen LogP contribution in [-0.4, -0.2) is 27.9 Å². The minimum Gasteiger partial charge on any atom is -0.392 e. The second-order valence-electron chi connectivity index (χ2n) is 4.78. The smallest absolute Gasteiger partial charge is 0.243 e. The van der Waals surface area contributed by atoms with Gasteiger partial charge in [0.15, 0.2) is 5.82 Å². The van der Waals surface area contributed by atoms with E-state index in [1.165, 1.54) is 0 Å². The van der Waals surface area contributed by atoms with Crippen molar-refractivity contribution in [1.29, 1.82) is 0 Å². The van der Waals surface area contributed by atoms with E-state index in [1.54, 1.807) is 18.2 Å². The predicted molar refractivity (Wildman–Crippen MR) is 74.9 cm³/mol. The van der Waals surface area contributed by atoms with Gasteiger partial charge in [-0.3, -0.25) is 0 Å². The Bertz CT molecular complexity index is 597. The first-order valence-electron chi connectivity index (χ1n) is 6.30. The lowest BCUT2D eigenvalue weighted by atomic mass is 10.1. The fourth-order valence-electron chi connectivity index (χ4n) is 2.25. The molecule has 1 fully saturated rings. The van der Waals surface area contributed by atoms with Gasteiger partial charge in [0.05, 0.1) is 12.1 Å². The normalized spacial score (nSPS) is 22.4. The van der Waals surface area contributed by atoms with Gasteiger partial charge in [0.25, 0.3) is 0 Å². The number of β-amino-alcohol motifs (C(OH)–C–C–N with tert-alkyl or cyclic N) is 1. The van der Waals surface area contributed by atoms with Crippen molar-refractivity contribution in [3.8, 4) is 0 Å². The minimum atomic E-state index is -0.367. The second-order valence-corrected chi connectivity index (χ2v) is 5.59. The number of aliphatic hydroxyl groups is 1. The first kappa shape index (κ1) is 13.8. The summed E-state index contributed by atoms with van der Waals surface area (Å²) in [6.07, 6.45) is 0.625. The molecule has 1 aliphatic rings. The molecular formula is C13H13Cl2N3O2. The van der Waals surface area contributed by atoms with Crippen molar-refractivity contribution in [3.05, 3.63) is 45.5 Å². The monoisotopic (exact) mass is 313 g/mol. The van der Waals surface area contributed by atoms with Gasteiger partial charge in [-0.1, -0.05) is 34.4 Å². The topological polar surface area (TPSA) is 71.2 Å².